The second-order valence-electron chi connectivity index (χ2n) is 4.00. The summed E-state index contributed by atoms with van der Waals surface area (Å²) in [6, 6.07) is 6.18. The number of hydrogen-bond acceptors (Lipinski definition) is 1. The summed E-state index contributed by atoms with van der Waals surface area (Å²) in [5.41, 5.74) is 2.57. The van der Waals surface area contributed by atoms with E-state index in [2.05, 4.69) is 38.7 Å². The van der Waals surface area contributed by atoms with Gasteiger partial charge < -0.3 is 4.74 Å². The van der Waals surface area contributed by atoms with E-state index in [1.807, 2.05) is 12.1 Å². The van der Waals surface area contributed by atoms with Crippen LogP contribution in [0.25, 0.3) is 0 Å². The molecule has 1 nitrogen and oxygen atoms in total. The first-order chi connectivity index (χ1) is 7.70. The van der Waals surface area contributed by atoms with Crippen molar-refractivity contribution in [3.63, 3.8) is 0 Å². The number of hydrogen-bond donors (Lipinski definition) is 0. The van der Waals surface area contributed by atoms with Gasteiger partial charge in [-0.1, -0.05) is 26.0 Å². The Morgan fingerprint density at radius 2 is 2.06 bits per heavy atom. The summed E-state index contributed by atoms with van der Waals surface area (Å²) in [6.45, 7) is 6.41. The molecule has 16 heavy (non-hydrogen) atoms. The second-order valence-corrected chi connectivity index (χ2v) is 4.00. The smallest absolute Gasteiger partial charge is 0.122 e. The molecule has 0 saturated carbocycles. The number of benzene rings is 1. The largest absolute Gasteiger partial charge is 0.496 e. The summed E-state index contributed by atoms with van der Waals surface area (Å²) in [4.78, 5) is 0. The maximum Gasteiger partial charge on any atom is 0.122 e. The summed E-state index contributed by atoms with van der Waals surface area (Å²) in [5, 5.41) is 0. The molecule has 0 radical (unpaired) electrons. The first-order valence-electron chi connectivity index (χ1n) is 5.79. The van der Waals surface area contributed by atoms with Crippen molar-refractivity contribution in [2.45, 2.75) is 39.5 Å². The van der Waals surface area contributed by atoms with Crippen molar-refractivity contribution in [3.05, 3.63) is 29.3 Å². The second kappa shape index (κ2) is 6.23. The Hall–Kier alpha value is -1.42. The third kappa shape index (κ3) is 3.03. The van der Waals surface area contributed by atoms with Gasteiger partial charge in [0, 0.05) is 18.4 Å². The quantitative estimate of drug-likeness (QED) is 0.696. The molecule has 86 valence electrons. The SMILES string of the molecule is CCC#CCC(C)c1c(C)cccc1OC. The van der Waals surface area contributed by atoms with Gasteiger partial charge in [-0.15, -0.1) is 11.8 Å². The van der Waals surface area contributed by atoms with Crippen LogP contribution >= 0.6 is 0 Å². The Kier molecular flexibility index (Phi) is 4.92. The summed E-state index contributed by atoms with van der Waals surface area (Å²) < 4.78 is 5.41. The molecule has 0 aliphatic heterocycles. The maximum atomic E-state index is 5.41. The van der Waals surface area contributed by atoms with Crippen LogP contribution in [-0.2, 0) is 0 Å². The van der Waals surface area contributed by atoms with Crippen LogP contribution < -0.4 is 4.74 Å². The topological polar surface area (TPSA) is 9.23 Å². The molecule has 0 saturated heterocycles. The van der Waals surface area contributed by atoms with E-state index in [4.69, 9.17) is 4.74 Å². The van der Waals surface area contributed by atoms with E-state index in [1.165, 1.54) is 11.1 Å². The average molecular weight is 216 g/mol. The van der Waals surface area contributed by atoms with Gasteiger partial charge in [0.2, 0.25) is 0 Å². The lowest BCUT2D eigenvalue weighted by atomic mass is 9.93. The van der Waals surface area contributed by atoms with Gasteiger partial charge in [0.25, 0.3) is 0 Å². The lowest BCUT2D eigenvalue weighted by Gasteiger charge is -2.16. The van der Waals surface area contributed by atoms with E-state index < -0.39 is 0 Å². The summed E-state index contributed by atoms with van der Waals surface area (Å²) in [6.07, 6.45) is 1.83. The van der Waals surface area contributed by atoms with Crippen LogP contribution in [0.1, 0.15) is 43.7 Å². The molecule has 1 heteroatoms. The third-order valence-electron chi connectivity index (χ3n) is 2.71. The molecule has 1 atom stereocenters. The Balaban J connectivity index is 2.93. The lowest BCUT2D eigenvalue weighted by Crippen LogP contribution is -1.99. The molecular formula is C15H20O. The molecule has 0 heterocycles. The molecule has 0 spiro atoms. The third-order valence-corrected chi connectivity index (χ3v) is 2.71. The Morgan fingerprint density at radius 3 is 2.69 bits per heavy atom. The van der Waals surface area contributed by atoms with Gasteiger partial charge in [0.15, 0.2) is 0 Å². The van der Waals surface area contributed by atoms with Gasteiger partial charge >= 0.3 is 0 Å². The molecule has 0 fully saturated rings. The number of methoxy groups -OCH3 is 1. The molecular weight excluding hydrogens is 196 g/mol. The number of aryl methyl sites for hydroxylation is 1. The molecule has 0 N–H and O–H groups in total. The fourth-order valence-corrected chi connectivity index (χ4v) is 1.92. The molecule has 1 rings (SSSR count). The lowest BCUT2D eigenvalue weighted by molar-refractivity contribution is 0.406. The Labute approximate surface area is 98.8 Å². The molecule has 1 unspecified atom stereocenters. The van der Waals surface area contributed by atoms with Crippen LogP contribution in [0.5, 0.6) is 5.75 Å². The predicted octanol–water partition coefficient (Wildman–Crippen LogP) is 3.91. The van der Waals surface area contributed by atoms with Crippen LogP contribution in [0.4, 0.5) is 0 Å². The Bertz CT molecular complexity index is 396. The molecule has 0 bridgehead atoms. The molecule has 0 amide bonds. The van der Waals surface area contributed by atoms with Gasteiger partial charge in [-0.25, -0.2) is 0 Å². The highest BCUT2D eigenvalue weighted by Crippen LogP contribution is 2.31. The molecule has 1 aromatic rings. The minimum atomic E-state index is 0.426. The Morgan fingerprint density at radius 1 is 1.31 bits per heavy atom. The van der Waals surface area contributed by atoms with Crippen molar-refractivity contribution in [2.24, 2.45) is 0 Å². The van der Waals surface area contributed by atoms with Gasteiger partial charge in [-0.2, -0.15) is 0 Å². The van der Waals surface area contributed by atoms with Gasteiger partial charge in [0.05, 0.1) is 7.11 Å². The zero-order valence-electron chi connectivity index (χ0n) is 10.6. The fourth-order valence-electron chi connectivity index (χ4n) is 1.92. The molecule has 0 aromatic heterocycles. The van der Waals surface area contributed by atoms with Crippen molar-refractivity contribution >= 4 is 0 Å². The first-order valence-corrected chi connectivity index (χ1v) is 5.79. The summed E-state index contributed by atoms with van der Waals surface area (Å²) >= 11 is 0. The van der Waals surface area contributed by atoms with Crippen LogP contribution in [-0.4, -0.2) is 7.11 Å². The van der Waals surface area contributed by atoms with Crippen LogP contribution in [0, 0.1) is 18.8 Å². The number of ether oxygens (including phenoxy) is 1. The normalized spacial score (nSPS) is 11.5. The van der Waals surface area contributed by atoms with Gasteiger partial charge in [0.1, 0.15) is 5.75 Å². The van der Waals surface area contributed by atoms with E-state index in [-0.39, 0.29) is 0 Å². The molecule has 0 aliphatic rings. The first kappa shape index (κ1) is 12.6. The number of rotatable bonds is 3. The standard InChI is InChI=1S/C15H20O/c1-5-6-7-9-12(2)15-13(3)10-8-11-14(15)16-4/h8,10-12H,5,9H2,1-4H3. The monoisotopic (exact) mass is 216 g/mol. The van der Waals surface area contributed by atoms with Crippen molar-refractivity contribution < 1.29 is 4.74 Å². The van der Waals surface area contributed by atoms with Crippen molar-refractivity contribution in [2.75, 3.05) is 7.11 Å². The predicted molar refractivity (Wildman–Crippen MR) is 68.8 cm³/mol. The van der Waals surface area contributed by atoms with Crippen molar-refractivity contribution in [1.29, 1.82) is 0 Å². The highest BCUT2D eigenvalue weighted by Gasteiger charge is 2.12. The van der Waals surface area contributed by atoms with E-state index in [9.17, 15) is 0 Å². The summed E-state index contributed by atoms with van der Waals surface area (Å²) in [7, 11) is 1.72. The van der Waals surface area contributed by atoms with Crippen LogP contribution in [0.3, 0.4) is 0 Å². The van der Waals surface area contributed by atoms with Crippen LogP contribution in [0.2, 0.25) is 0 Å². The minimum absolute atomic E-state index is 0.426. The summed E-state index contributed by atoms with van der Waals surface area (Å²) in [5.74, 6) is 7.73. The van der Waals surface area contributed by atoms with E-state index >= 15 is 0 Å². The highest BCUT2D eigenvalue weighted by atomic mass is 16.5. The van der Waals surface area contributed by atoms with Crippen molar-refractivity contribution in [3.8, 4) is 17.6 Å². The maximum absolute atomic E-state index is 5.41. The van der Waals surface area contributed by atoms with Crippen LogP contribution in [0.15, 0.2) is 18.2 Å². The van der Waals surface area contributed by atoms with Gasteiger partial charge in [-0.05, 0) is 24.5 Å². The fraction of sp³-hybridized carbons (Fsp3) is 0.467. The average Bonchev–Trinajstić information content (AvgIpc) is 2.28. The highest BCUT2D eigenvalue weighted by molar-refractivity contribution is 5.42. The van der Waals surface area contributed by atoms with E-state index in [0.29, 0.717) is 5.92 Å². The zero-order valence-corrected chi connectivity index (χ0v) is 10.6. The molecule has 0 aliphatic carbocycles. The molecule has 1 aromatic carbocycles. The van der Waals surface area contributed by atoms with Crippen molar-refractivity contribution in [1.82, 2.24) is 0 Å². The zero-order chi connectivity index (χ0) is 12.0. The van der Waals surface area contributed by atoms with Gasteiger partial charge in [-0.3, -0.25) is 0 Å². The minimum Gasteiger partial charge on any atom is -0.496 e. The van der Waals surface area contributed by atoms with E-state index in [1.54, 1.807) is 7.11 Å². The van der Waals surface area contributed by atoms with E-state index in [0.717, 1.165) is 18.6 Å².